The Morgan fingerprint density at radius 2 is 1.13 bits per heavy atom. The summed E-state index contributed by atoms with van der Waals surface area (Å²) in [6.45, 7) is 5.48. The first kappa shape index (κ1) is 28.8. The lowest BCUT2D eigenvalue weighted by Crippen LogP contribution is -2.19. The fourth-order valence-corrected chi connectivity index (χ4v) is 3.76. The maximum absolute atomic E-state index is 12.9. The van der Waals surface area contributed by atoms with Crippen LogP contribution in [0.5, 0.6) is 11.5 Å². The second kappa shape index (κ2) is 16.1. The topological polar surface area (TPSA) is 71.1 Å². The number of carbonyl (C=O) groups is 2. The molecule has 0 fully saturated rings. The second-order valence-electron chi connectivity index (χ2n) is 9.06. The van der Waals surface area contributed by atoms with E-state index >= 15 is 0 Å². The van der Waals surface area contributed by atoms with E-state index in [-0.39, 0.29) is 6.61 Å². The predicted molar refractivity (Wildman–Crippen MR) is 148 cm³/mol. The molecule has 3 aromatic rings. The van der Waals surface area contributed by atoms with E-state index in [2.05, 4.69) is 13.8 Å². The molecular weight excluding hydrogens is 480 g/mol. The average Bonchev–Trinajstić information content (AvgIpc) is 2.96. The highest BCUT2D eigenvalue weighted by molar-refractivity contribution is 5.90. The van der Waals surface area contributed by atoms with Crippen molar-refractivity contribution in [1.29, 1.82) is 0 Å². The summed E-state index contributed by atoms with van der Waals surface area (Å²) in [4.78, 5) is 25.6. The maximum Gasteiger partial charge on any atom is 0.338 e. The van der Waals surface area contributed by atoms with E-state index in [4.69, 9.17) is 18.9 Å². The van der Waals surface area contributed by atoms with Crippen molar-refractivity contribution in [2.75, 3.05) is 19.8 Å². The van der Waals surface area contributed by atoms with Gasteiger partial charge in [-0.3, -0.25) is 0 Å². The highest BCUT2D eigenvalue weighted by Gasteiger charge is 2.21. The van der Waals surface area contributed by atoms with Crippen LogP contribution in [0.25, 0.3) is 0 Å². The van der Waals surface area contributed by atoms with E-state index in [9.17, 15) is 9.59 Å². The number of esters is 2. The van der Waals surface area contributed by atoms with Crippen molar-refractivity contribution in [2.24, 2.45) is 0 Å². The Morgan fingerprint density at radius 1 is 0.632 bits per heavy atom. The first-order chi connectivity index (χ1) is 18.6. The molecule has 0 spiro atoms. The van der Waals surface area contributed by atoms with Crippen LogP contribution in [0.4, 0.5) is 0 Å². The van der Waals surface area contributed by atoms with Crippen LogP contribution in [-0.2, 0) is 9.47 Å². The van der Waals surface area contributed by atoms with Crippen LogP contribution in [0.3, 0.4) is 0 Å². The largest absolute Gasteiger partial charge is 0.494 e. The van der Waals surface area contributed by atoms with Gasteiger partial charge in [0.2, 0.25) is 0 Å². The van der Waals surface area contributed by atoms with Crippen molar-refractivity contribution in [3.63, 3.8) is 0 Å². The van der Waals surface area contributed by atoms with Gasteiger partial charge in [-0.1, -0.05) is 69.9 Å². The van der Waals surface area contributed by atoms with Crippen LogP contribution in [0.15, 0.2) is 78.9 Å². The Labute approximate surface area is 225 Å². The summed E-state index contributed by atoms with van der Waals surface area (Å²) in [5, 5.41) is 0. The molecule has 38 heavy (non-hydrogen) atoms. The second-order valence-corrected chi connectivity index (χ2v) is 9.06. The third-order valence-electron chi connectivity index (χ3n) is 6.00. The van der Waals surface area contributed by atoms with E-state index in [0.717, 1.165) is 44.1 Å². The lowest BCUT2D eigenvalue weighted by molar-refractivity contribution is -0.00134. The number of hydrogen-bond acceptors (Lipinski definition) is 6. The summed E-state index contributed by atoms with van der Waals surface area (Å²) in [5.74, 6) is 0.427. The summed E-state index contributed by atoms with van der Waals surface area (Å²) >= 11 is 0. The molecule has 6 nitrogen and oxygen atoms in total. The molecule has 0 aliphatic heterocycles. The molecular formula is C32H38O6. The van der Waals surface area contributed by atoms with Crippen LogP contribution in [0.1, 0.15) is 84.8 Å². The molecule has 0 saturated carbocycles. The Kier molecular flexibility index (Phi) is 12.2. The molecule has 1 unspecified atom stereocenters. The normalized spacial score (nSPS) is 11.4. The fraction of sp³-hybridized carbons (Fsp3) is 0.375. The molecule has 0 N–H and O–H groups in total. The van der Waals surface area contributed by atoms with Gasteiger partial charge in [0.25, 0.3) is 0 Å². The quantitative estimate of drug-likeness (QED) is 0.144. The fourth-order valence-electron chi connectivity index (χ4n) is 3.76. The van der Waals surface area contributed by atoms with Gasteiger partial charge in [-0.25, -0.2) is 9.59 Å². The molecule has 0 aromatic heterocycles. The highest BCUT2D eigenvalue weighted by Crippen LogP contribution is 2.22. The summed E-state index contributed by atoms with van der Waals surface area (Å²) < 4.78 is 22.7. The van der Waals surface area contributed by atoms with E-state index in [0.29, 0.717) is 35.8 Å². The molecule has 1 atom stereocenters. The number of benzene rings is 3. The highest BCUT2D eigenvalue weighted by atomic mass is 16.6. The molecule has 0 heterocycles. The summed E-state index contributed by atoms with van der Waals surface area (Å²) in [6.07, 6.45) is 5.75. The van der Waals surface area contributed by atoms with Crippen molar-refractivity contribution in [3.05, 3.63) is 95.6 Å². The molecule has 0 aliphatic carbocycles. The number of carbonyl (C=O) groups excluding carboxylic acids is 2. The first-order valence-corrected chi connectivity index (χ1v) is 13.5. The average molecular weight is 519 g/mol. The lowest BCUT2D eigenvalue weighted by atomic mass is 10.1. The predicted octanol–water partition coefficient (Wildman–Crippen LogP) is 7.58. The number of ether oxygens (including phenoxy) is 4. The molecule has 0 saturated heterocycles. The van der Waals surface area contributed by atoms with E-state index in [1.807, 2.05) is 30.3 Å². The van der Waals surface area contributed by atoms with Crippen molar-refractivity contribution in [3.8, 4) is 11.5 Å². The maximum atomic E-state index is 12.9. The van der Waals surface area contributed by atoms with E-state index in [1.54, 1.807) is 48.5 Å². The SMILES string of the molecule is CCCCCOc1ccc(C(=O)OCC(OC(=O)c2ccc(OCCCCC)cc2)c2ccccc2)cc1. The Bertz CT molecular complexity index is 1090. The van der Waals surface area contributed by atoms with Gasteiger partial charge in [-0.15, -0.1) is 0 Å². The molecule has 0 radical (unpaired) electrons. The third-order valence-corrected chi connectivity index (χ3v) is 6.00. The zero-order chi connectivity index (χ0) is 27.0. The van der Waals surface area contributed by atoms with Crippen LogP contribution in [-0.4, -0.2) is 31.8 Å². The van der Waals surface area contributed by atoms with Gasteiger partial charge >= 0.3 is 11.9 Å². The van der Waals surface area contributed by atoms with Crippen LogP contribution in [0, 0.1) is 0 Å². The number of unbranched alkanes of at least 4 members (excludes halogenated alkanes) is 4. The van der Waals surface area contributed by atoms with Crippen LogP contribution in [0.2, 0.25) is 0 Å². The first-order valence-electron chi connectivity index (χ1n) is 13.5. The number of hydrogen-bond donors (Lipinski definition) is 0. The van der Waals surface area contributed by atoms with Crippen molar-refractivity contribution >= 4 is 11.9 Å². The standard InChI is InChI=1S/C32H38O6/c1-3-5-10-22-35-28-18-14-26(15-19-28)31(33)37-24-30(25-12-8-7-9-13-25)38-32(34)27-16-20-29(21-17-27)36-23-11-6-4-2/h7-9,12-21,30H,3-6,10-11,22-24H2,1-2H3. The van der Waals surface area contributed by atoms with Gasteiger partial charge in [0.1, 0.15) is 18.1 Å². The summed E-state index contributed by atoms with van der Waals surface area (Å²) in [6, 6.07) is 23.0. The Morgan fingerprint density at radius 3 is 1.63 bits per heavy atom. The van der Waals surface area contributed by atoms with Crippen LogP contribution < -0.4 is 9.47 Å². The minimum atomic E-state index is -0.751. The van der Waals surface area contributed by atoms with Gasteiger partial charge in [0.05, 0.1) is 24.3 Å². The minimum Gasteiger partial charge on any atom is -0.494 e. The molecule has 0 amide bonds. The minimum absolute atomic E-state index is 0.109. The molecule has 0 bridgehead atoms. The number of rotatable bonds is 16. The smallest absolute Gasteiger partial charge is 0.338 e. The third kappa shape index (κ3) is 9.58. The summed E-state index contributed by atoms with van der Waals surface area (Å²) in [7, 11) is 0. The van der Waals surface area contributed by atoms with Crippen LogP contribution >= 0.6 is 0 Å². The van der Waals surface area contributed by atoms with E-state index < -0.39 is 18.0 Å². The van der Waals surface area contributed by atoms with Crippen molar-refractivity contribution in [1.82, 2.24) is 0 Å². The summed E-state index contributed by atoms with van der Waals surface area (Å²) in [5.41, 5.74) is 1.53. The van der Waals surface area contributed by atoms with Crippen molar-refractivity contribution < 1.29 is 28.5 Å². The van der Waals surface area contributed by atoms with Gasteiger partial charge in [-0.2, -0.15) is 0 Å². The Balaban J connectivity index is 1.57. The van der Waals surface area contributed by atoms with Gasteiger partial charge in [0.15, 0.2) is 6.10 Å². The van der Waals surface area contributed by atoms with Gasteiger partial charge in [0, 0.05) is 0 Å². The van der Waals surface area contributed by atoms with Gasteiger partial charge in [-0.05, 0) is 66.9 Å². The van der Waals surface area contributed by atoms with E-state index in [1.165, 1.54) is 0 Å². The zero-order valence-electron chi connectivity index (χ0n) is 22.4. The van der Waals surface area contributed by atoms with Gasteiger partial charge < -0.3 is 18.9 Å². The monoisotopic (exact) mass is 518 g/mol. The molecule has 6 heteroatoms. The Hall–Kier alpha value is -3.80. The van der Waals surface area contributed by atoms with Crippen molar-refractivity contribution in [2.45, 2.75) is 58.5 Å². The molecule has 202 valence electrons. The molecule has 0 aliphatic rings. The molecule has 3 aromatic carbocycles. The molecule has 3 rings (SSSR count). The lowest BCUT2D eigenvalue weighted by Gasteiger charge is -2.19. The zero-order valence-corrected chi connectivity index (χ0v) is 22.4.